The molecule has 1 aromatic rings. The minimum absolute atomic E-state index is 0.191. The van der Waals surface area contributed by atoms with Crippen molar-refractivity contribution in [2.24, 2.45) is 17.3 Å². The molecule has 0 bridgehead atoms. The van der Waals surface area contributed by atoms with Gasteiger partial charge in [0, 0.05) is 25.0 Å². The lowest BCUT2D eigenvalue weighted by Crippen LogP contribution is -2.44. The van der Waals surface area contributed by atoms with Crippen molar-refractivity contribution < 1.29 is 0 Å². The van der Waals surface area contributed by atoms with Crippen LogP contribution in [0.15, 0.2) is 6.33 Å². The minimum atomic E-state index is 0.191. The van der Waals surface area contributed by atoms with Gasteiger partial charge in [-0.15, -0.1) is 0 Å². The molecule has 1 N–H and O–H groups in total. The van der Waals surface area contributed by atoms with E-state index in [4.69, 9.17) is 0 Å². The molecule has 0 radical (unpaired) electrons. The monoisotopic (exact) mass is 290 g/mol. The molecule has 0 spiro atoms. The topological polar surface area (TPSA) is 42.7 Å². The lowest BCUT2D eigenvalue weighted by molar-refractivity contribution is 0.215. The van der Waals surface area contributed by atoms with E-state index in [0.717, 1.165) is 37.8 Å². The predicted molar refractivity (Wildman–Crippen MR) is 85.0 cm³/mol. The van der Waals surface area contributed by atoms with Crippen molar-refractivity contribution in [3.8, 4) is 0 Å². The van der Waals surface area contributed by atoms with Gasteiger partial charge in [0.05, 0.1) is 0 Å². The Labute approximate surface area is 128 Å². The van der Waals surface area contributed by atoms with E-state index >= 15 is 0 Å². The molecule has 2 saturated carbocycles. The number of nitrogens with one attached hydrogen (secondary N) is 1. The summed E-state index contributed by atoms with van der Waals surface area (Å²) in [5, 5.41) is 8.16. The van der Waals surface area contributed by atoms with E-state index in [0.29, 0.717) is 5.41 Å². The van der Waals surface area contributed by atoms with Gasteiger partial charge in [0.25, 0.3) is 0 Å². The normalized spacial score (nSPS) is 31.4. The first-order chi connectivity index (χ1) is 9.91. The minimum Gasteiger partial charge on any atom is -0.312 e. The van der Waals surface area contributed by atoms with E-state index < -0.39 is 0 Å². The molecule has 2 unspecified atom stereocenters. The number of fused-ring (bicyclic) bond motifs is 1. The summed E-state index contributed by atoms with van der Waals surface area (Å²) in [6, 6.07) is 0. The molecule has 2 atom stereocenters. The van der Waals surface area contributed by atoms with Crippen molar-refractivity contribution in [1.82, 2.24) is 20.1 Å². The first-order valence-electron chi connectivity index (χ1n) is 8.52. The highest BCUT2D eigenvalue weighted by molar-refractivity contribution is 5.08. The van der Waals surface area contributed by atoms with Crippen LogP contribution in [0.4, 0.5) is 0 Å². The maximum Gasteiger partial charge on any atom is 0.138 e. The van der Waals surface area contributed by atoms with E-state index in [1.165, 1.54) is 25.1 Å². The fraction of sp³-hybridized carbons (Fsp3) is 0.882. The Bertz CT molecular complexity index is 475. The maximum atomic E-state index is 4.55. The molecule has 4 heteroatoms. The molecule has 1 heterocycles. The van der Waals surface area contributed by atoms with E-state index in [2.05, 4.69) is 47.8 Å². The number of nitrogens with zero attached hydrogens (tertiary/aromatic N) is 3. The summed E-state index contributed by atoms with van der Waals surface area (Å²) in [4.78, 5) is 4.55. The molecule has 21 heavy (non-hydrogen) atoms. The van der Waals surface area contributed by atoms with E-state index in [1.807, 2.05) is 0 Å². The van der Waals surface area contributed by atoms with Gasteiger partial charge in [-0.3, -0.25) is 4.68 Å². The summed E-state index contributed by atoms with van der Waals surface area (Å²) in [6.45, 7) is 11.1. The van der Waals surface area contributed by atoms with Gasteiger partial charge in [0.15, 0.2) is 0 Å². The number of aromatic nitrogens is 3. The van der Waals surface area contributed by atoms with E-state index in [1.54, 1.807) is 6.33 Å². The number of rotatable bonds is 6. The average molecular weight is 290 g/mol. The molecule has 0 aliphatic heterocycles. The van der Waals surface area contributed by atoms with Crippen LogP contribution in [-0.4, -0.2) is 26.8 Å². The fourth-order valence-corrected chi connectivity index (χ4v) is 3.97. The zero-order chi connectivity index (χ0) is 15.1. The van der Waals surface area contributed by atoms with Gasteiger partial charge in [-0.2, -0.15) is 5.10 Å². The van der Waals surface area contributed by atoms with Gasteiger partial charge in [0.2, 0.25) is 0 Å². The Hall–Kier alpha value is -0.900. The molecule has 1 aromatic heterocycles. The third kappa shape index (κ3) is 3.47. The van der Waals surface area contributed by atoms with Crippen molar-refractivity contribution in [2.75, 3.05) is 6.54 Å². The summed E-state index contributed by atoms with van der Waals surface area (Å²) in [5.41, 5.74) is 0.594. The first kappa shape index (κ1) is 15.0. The first-order valence-corrected chi connectivity index (χ1v) is 8.52. The highest BCUT2D eigenvalue weighted by Gasteiger charge is 2.53. The summed E-state index contributed by atoms with van der Waals surface area (Å²) < 4.78 is 2.11. The number of hydrogen-bond acceptors (Lipinski definition) is 3. The molecule has 0 amide bonds. The Morgan fingerprint density at radius 3 is 2.67 bits per heavy atom. The Morgan fingerprint density at radius 2 is 2.05 bits per heavy atom. The van der Waals surface area contributed by atoms with Crippen LogP contribution in [0.25, 0.3) is 0 Å². The van der Waals surface area contributed by atoms with Gasteiger partial charge in [0.1, 0.15) is 12.2 Å². The Kier molecular flexibility index (Phi) is 3.85. The van der Waals surface area contributed by atoms with Crippen LogP contribution in [-0.2, 0) is 13.0 Å². The van der Waals surface area contributed by atoms with Crippen LogP contribution in [0.2, 0.25) is 0 Å². The van der Waals surface area contributed by atoms with Crippen molar-refractivity contribution >= 4 is 0 Å². The third-order valence-corrected chi connectivity index (χ3v) is 5.12. The van der Waals surface area contributed by atoms with Gasteiger partial charge in [-0.05, 0) is 63.7 Å². The second kappa shape index (κ2) is 5.38. The highest BCUT2D eigenvalue weighted by atomic mass is 15.3. The largest absolute Gasteiger partial charge is 0.312 e. The van der Waals surface area contributed by atoms with Crippen molar-refractivity contribution in [1.29, 1.82) is 0 Å². The van der Waals surface area contributed by atoms with Gasteiger partial charge in [-0.1, -0.05) is 6.92 Å². The second-order valence-electron chi connectivity index (χ2n) is 8.34. The molecule has 2 aliphatic carbocycles. The van der Waals surface area contributed by atoms with Gasteiger partial charge in [-0.25, -0.2) is 4.98 Å². The molecule has 2 aliphatic rings. The number of aryl methyl sites for hydroxylation is 1. The Balaban J connectivity index is 1.72. The molecular formula is C17H30N4. The summed E-state index contributed by atoms with van der Waals surface area (Å²) in [7, 11) is 0. The molecule has 0 saturated heterocycles. The molecule has 2 fully saturated rings. The molecular weight excluding hydrogens is 260 g/mol. The van der Waals surface area contributed by atoms with Crippen LogP contribution < -0.4 is 5.32 Å². The van der Waals surface area contributed by atoms with Gasteiger partial charge >= 0.3 is 0 Å². The van der Waals surface area contributed by atoms with Crippen LogP contribution >= 0.6 is 0 Å². The smallest absolute Gasteiger partial charge is 0.138 e. The third-order valence-electron chi connectivity index (χ3n) is 5.12. The number of hydrogen-bond donors (Lipinski definition) is 1. The zero-order valence-electron chi connectivity index (χ0n) is 14.0. The highest BCUT2D eigenvalue weighted by Crippen LogP contribution is 2.60. The molecule has 0 aromatic carbocycles. The Morgan fingerprint density at radius 1 is 1.33 bits per heavy atom. The SMILES string of the molecule is CCCn1ncnc1CC1(CNC(C)(C)C)CC2CC2C1. The lowest BCUT2D eigenvalue weighted by atomic mass is 9.78. The van der Waals surface area contributed by atoms with E-state index in [-0.39, 0.29) is 5.54 Å². The maximum absolute atomic E-state index is 4.55. The van der Waals surface area contributed by atoms with Crippen LogP contribution in [0.5, 0.6) is 0 Å². The van der Waals surface area contributed by atoms with Crippen molar-refractivity contribution in [2.45, 2.75) is 71.9 Å². The standard InChI is InChI=1S/C17H30N4/c1-5-6-21-15(18-12-20-21)10-17(11-19-16(2,3)4)8-13-7-14(13)9-17/h12-14,19H,5-11H2,1-4H3. The second-order valence-corrected chi connectivity index (χ2v) is 8.34. The zero-order valence-corrected chi connectivity index (χ0v) is 14.0. The quantitative estimate of drug-likeness (QED) is 0.875. The molecule has 3 rings (SSSR count). The molecule has 118 valence electrons. The summed E-state index contributed by atoms with van der Waals surface area (Å²) in [6.07, 6.45) is 8.15. The van der Waals surface area contributed by atoms with Crippen molar-refractivity contribution in [3.05, 3.63) is 12.2 Å². The summed E-state index contributed by atoms with van der Waals surface area (Å²) >= 11 is 0. The lowest BCUT2D eigenvalue weighted by Gasteiger charge is -2.34. The predicted octanol–water partition coefficient (Wildman–Crippen LogP) is 3.04. The van der Waals surface area contributed by atoms with Crippen molar-refractivity contribution in [3.63, 3.8) is 0 Å². The summed E-state index contributed by atoms with van der Waals surface area (Å²) in [5.74, 6) is 3.18. The molecule has 4 nitrogen and oxygen atoms in total. The van der Waals surface area contributed by atoms with E-state index in [9.17, 15) is 0 Å². The van der Waals surface area contributed by atoms with Crippen LogP contribution in [0.3, 0.4) is 0 Å². The average Bonchev–Trinajstić information content (AvgIpc) is 2.82. The van der Waals surface area contributed by atoms with Crippen LogP contribution in [0, 0.1) is 17.3 Å². The van der Waals surface area contributed by atoms with Crippen LogP contribution in [0.1, 0.15) is 59.2 Å². The van der Waals surface area contributed by atoms with Gasteiger partial charge < -0.3 is 5.32 Å². The fourth-order valence-electron chi connectivity index (χ4n) is 3.97.